The van der Waals surface area contributed by atoms with Crippen LogP contribution in [-0.4, -0.2) is 26.3 Å². The molecule has 0 N–H and O–H groups in total. The van der Waals surface area contributed by atoms with Crippen molar-refractivity contribution >= 4 is 5.97 Å². The average Bonchev–Trinajstić information content (AvgIpc) is 2.96. The third kappa shape index (κ3) is 3.00. The predicted molar refractivity (Wildman–Crippen MR) is 71.8 cm³/mol. The Hall–Kier alpha value is -2.47. The minimum Gasteiger partial charge on any atom is -0.486 e. The molecule has 0 radical (unpaired) electrons. The van der Waals surface area contributed by atoms with Crippen LogP contribution >= 0.6 is 0 Å². The summed E-state index contributed by atoms with van der Waals surface area (Å²) >= 11 is 0. The highest BCUT2D eigenvalue weighted by molar-refractivity contribution is 5.88. The third-order valence-electron chi connectivity index (χ3n) is 2.87. The van der Waals surface area contributed by atoms with E-state index in [1.807, 2.05) is 0 Å². The molecule has 0 saturated heterocycles. The number of furan rings is 1. The minimum absolute atomic E-state index is 0.122. The van der Waals surface area contributed by atoms with Gasteiger partial charge in [0.2, 0.25) is 5.76 Å². The smallest absolute Gasteiger partial charge is 0.379 e. The van der Waals surface area contributed by atoms with Gasteiger partial charge in [-0.1, -0.05) is 0 Å². The van der Waals surface area contributed by atoms with Crippen LogP contribution in [-0.2, 0) is 11.3 Å². The van der Waals surface area contributed by atoms with E-state index < -0.39 is 5.97 Å². The van der Waals surface area contributed by atoms with Gasteiger partial charge in [-0.25, -0.2) is 4.79 Å². The van der Waals surface area contributed by atoms with Crippen LogP contribution in [0.3, 0.4) is 0 Å². The summed E-state index contributed by atoms with van der Waals surface area (Å²) in [5.41, 5.74) is 0. The maximum absolute atomic E-state index is 12.0. The molecule has 2 aromatic rings. The fourth-order valence-corrected chi connectivity index (χ4v) is 1.95. The van der Waals surface area contributed by atoms with E-state index in [0.717, 1.165) is 0 Å². The van der Waals surface area contributed by atoms with Gasteiger partial charge in [0, 0.05) is 13.2 Å². The second-order valence-corrected chi connectivity index (χ2v) is 4.39. The molecule has 110 valence electrons. The fourth-order valence-electron chi connectivity index (χ4n) is 1.95. The first-order valence-corrected chi connectivity index (χ1v) is 6.46. The topological polar surface area (TPSA) is 67.1 Å². The first-order chi connectivity index (χ1) is 10.3. The lowest BCUT2D eigenvalue weighted by molar-refractivity contribution is 0.0692. The molecule has 21 heavy (non-hydrogen) atoms. The quantitative estimate of drug-likeness (QED) is 0.636. The molecule has 6 heteroatoms. The normalized spacial score (nSPS) is 13.0. The fraction of sp³-hybridized carbons (Fsp3) is 0.267. The van der Waals surface area contributed by atoms with Gasteiger partial charge in [-0.3, -0.25) is 0 Å². The molecule has 0 saturated carbocycles. The zero-order chi connectivity index (χ0) is 14.7. The number of carbonyl (C=O) groups is 1. The van der Waals surface area contributed by atoms with Crippen molar-refractivity contribution in [1.29, 1.82) is 0 Å². The van der Waals surface area contributed by atoms with Crippen molar-refractivity contribution in [2.75, 3.05) is 20.3 Å². The number of methoxy groups -OCH3 is 1. The van der Waals surface area contributed by atoms with E-state index in [2.05, 4.69) is 0 Å². The lowest BCUT2D eigenvalue weighted by Crippen LogP contribution is -2.15. The monoisotopic (exact) mass is 290 g/mol. The van der Waals surface area contributed by atoms with Crippen LogP contribution in [0, 0.1) is 0 Å². The van der Waals surface area contributed by atoms with E-state index >= 15 is 0 Å². The van der Waals surface area contributed by atoms with Gasteiger partial charge in [0.25, 0.3) is 0 Å². The number of esters is 1. The summed E-state index contributed by atoms with van der Waals surface area (Å²) < 4.78 is 26.3. The van der Waals surface area contributed by atoms with Gasteiger partial charge in [-0.2, -0.15) is 0 Å². The van der Waals surface area contributed by atoms with E-state index in [0.29, 0.717) is 42.8 Å². The number of ether oxygens (including phenoxy) is 4. The second kappa shape index (κ2) is 5.88. The number of hydrogen-bond acceptors (Lipinski definition) is 6. The average molecular weight is 290 g/mol. The first-order valence-electron chi connectivity index (χ1n) is 6.46. The summed E-state index contributed by atoms with van der Waals surface area (Å²) in [7, 11) is 1.55. The van der Waals surface area contributed by atoms with E-state index in [1.54, 1.807) is 37.4 Å². The van der Waals surface area contributed by atoms with Gasteiger partial charge in [0.15, 0.2) is 11.5 Å². The van der Waals surface area contributed by atoms with Crippen LogP contribution in [0.15, 0.2) is 34.7 Å². The van der Waals surface area contributed by atoms with Gasteiger partial charge in [-0.15, -0.1) is 0 Å². The van der Waals surface area contributed by atoms with E-state index in [-0.39, 0.29) is 5.76 Å². The standard InChI is InChI=1S/C15H14O6/c1-17-9-11-3-5-13(20-11)15(16)21-10-2-4-12-14(8-10)19-7-6-18-12/h2-5,8H,6-7,9H2,1H3. The molecule has 1 aliphatic heterocycles. The molecule has 6 nitrogen and oxygen atoms in total. The molecule has 0 atom stereocenters. The lowest BCUT2D eigenvalue weighted by Gasteiger charge is -2.18. The van der Waals surface area contributed by atoms with Gasteiger partial charge in [0.1, 0.15) is 31.3 Å². The second-order valence-electron chi connectivity index (χ2n) is 4.39. The number of rotatable bonds is 4. The van der Waals surface area contributed by atoms with Crippen molar-refractivity contribution in [3.8, 4) is 17.2 Å². The molecule has 1 aromatic heterocycles. The first kappa shape index (κ1) is 13.5. The zero-order valence-electron chi connectivity index (χ0n) is 11.5. The van der Waals surface area contributed by atoms with E-state index in [9.17, 15) is 4.79 Å². The Labute approximate surface area is 121 Å². The summed E-state index contributed by atoms with van der Waals surface area (Å²) in [6, 6.07) is 8.18. The molecule has 0 unspecified atom stereocenters. The zero-order valence-corrected chi connectivity index (χ0v) is 11.5. The number of fused-ring (bicyclic) bond motifs is 1. The van der Waals surface area contributed by atoms with Gasteiger partial charge in [0.05, 0.1) is 0 Å². The summed E-state index contributed by atoms with van der Waals surface area (Å²) in [6.45, 7) is 1.29. The summed E-state index contributed by atoms with van der Waals surface area (Å²) in [5.74, 6) is 1.68. The molecular weight excluding hydrogens is 276 g/mol. The van der Waals surface area contributed by atoms with Crippen molar-refractivity contribution in [3.05, 3.63) is 41.9 Å². The molecule has 1 aromatic carbocycles. The maximum atomic E-state index is 12.0. The molecular formula is C15H14O6. The molecule has 1 aliphatic rings. The predicted octanol–water partition coefficient (Wildman–Crippen LogP) is 2.42. The Morgan fingerprint density at radius 1 is 1.14 bits per heavy atom. The highest BCUT2D eigenvalue weighted by Crippen LogP contribution is 2.33. The summed E-state index contributed by atoms with van der Waals surface area (Å²) in [6.07, 6.45) is 0. The van der Waals surface area contributed by atoms with Crippen molar-refractivity contribution in [1.82, 2.24) is 0 Å². The molecule has 0 fully saturated rings. The van der Waals surface area contributed by atoms with Crippen LogP contribution in [0.25, 0.3) is 0 Å². The summed E-state index contributed by atoms with van der Waals surface area (Å²) in [4.78, 5) is 12.0. The van der Waals surface area contributed by atoms with Crippen molar-refractivity contribution in [2.45, 2.75) is 6.61 Å². The van der Waals surface area contributed by atoms with Crippen molar-refractivity contribution < 1.29 is 28.2 Å². The highest BCUT2D eigenvalue weighted by atomic mass is 16.6. The van der Waals surface area contributed by atoms with Crippen LogP contribution in [0.1, 0.15) is 16.3 Å². The van der Waals surface area contributed by atoms with E-state index in [4.69, 9.17) is 23.4 Å². The Bertz CT molecular complexity index is 645. The largest absolute Gasteiger partial charge is 0.486 e. The number of carbonyl (C=O) groups excluding carboxylic acids is 1. The van der Waals surface area contributed by atoms with Crippen LogP contribution in [0.2, 0.25) is 0 Å². The van der Waals surface area contributed by atoms with E-state index in [1.165, 1.54) is 0 Å². The molecule has 0 bridgehead atoms. The molecule has 0 amide bonds. The molecule has 2 heterocycles. The maximum Gasteiger partial charge on any atom is 0.379 e. The lowest BCUT2D eigenvalue weighted by atomic mass is 10.3. The molecule has 0 aliphatic carbocycles. The van der Waals surface area contributed by atoms with Crippen LogP contribution in [0.5, 0.6) is 17.2 Å². The number of benzene rings is 1. The number of hydrogen-bond donors (Lipinski definition) is 0. The van der Waals surface area contributed by atoms with Gasteiger partial charge in [-0.05, 0) is 24.3 Å². The highest BCUT2D eigenvalue weighted by Gasteiger charge is 2.17. The van der Waals surface area contributed by atoms with Gasteiger partial charge < -0.3 is 23.4 Å². The Morgan fingerprint density at radius 3 is 2.76 bits per heavy atom. The minimum atomic E-state index is -0.575. The van der Waals surface area contributed by atoms with Crippen LogP contribution in [0.4, 0.5) is 0 Å². The Kier molecular flexibility index (Phi) is 3.79. The van der Waals surface area contributed by atoms with Crippen molar-refractivity contribution in [2.24, 2.45) is 0 Å². The molecule has 3 rings (SSSR count). The Balaban J connectivity index is 1.71. The third-order valence-corrected chi connectivity index (χ3v) is 2.87. The van der Waals surface area contributed by atoms with Crippen molar-refractivity contribution in [3.63, 3.8) is 0 Å². The molecule has 0 spiro atoms. The van der Waals surface area contributed by atoms with Gasteiger partial charge >= 0.3 is 5.97 Å². The Morgan fingerprint density at radius 2 is 1.95 bits per heavy atom. The van der Waals surface area contributed by atoms with Crippen LogP contribution < -0.4 is 14.2 Å². The summed E-state index contributed by atoms with van der Waals surface area (Å²) in [5, 5.41) is 0. The SMILES string of the molecule is COCc1ccc(C(=O)Oc2ccc3c(c2)OCCO3)o1.